The van der Waals surface area contributed by atoms with Gasteiger partial charge in [-0.15, -0.1) is 0 Å². The smallest absolute Gasteiger partial charge is 0.374 e. The molecule has 1 aliphatic heterocycles. The number of aromatic nitrogens is 1. The Balaban J connectivity index is 2.09. The molecule has 7 heteroatoms. The molecule has 1 aliphatic rings. The highest BCUT2D eigenvalue weighted by Gasteiger charge is 2.23. The molecule has 0 fully saturated rings. The number of carboxylic acid groups (broad SMARTS) is 1. The Morgan fingerprint density at radius 3 is 2.89 bits per heavy atom. The lowest BCUT2D eigenvalue weighted by atomic mass is 10.1. The molecule has 1 aromatic carbocycles. The van der Waals surface area contributed by atoms with E-state index in [0.29, 0.717) is 11.3 Å². The first kappa shape index (κ1) is 10.5. The standard InChI is InChI=1S/C11H7NO6/c13-9-5(1-2-7-10(9)17-4-16-7)6-3-8(11(14)15)18-12-6/h1-3,13H,4H2,(H,14,15). The van der Waals surface area contributed by atoms with Crippen molar-refractivity contribution in [2.24, 2.45) is 0 Å². The largest absolute Gasteiger partial charge is 0.504 e. The minimum atomic E-state index is -1.23. The quantitative estimate of drug-likeness (QED) is 0.830. The van der Waals surface area contributed by atoms with Crippen molar-refractivity contribution in [2.45, 2.75) is 0 Å². The summed E-state index contributed by atoms with van der Waals surface area (Å²) < 4.78 is 14.8. The highest BCUT2D eigenvalue weighted by molar-refractivity contribution is 5.86. The number of phenolic OH excluding ortho intramolecular Hbond substituents is 1. The number of phenols is 1. The van der Waals surface area contributed by atoms with Crippen LogP contribution in [0.15, 0.2) is 22.7 Å². The van der Waals surface area contributed by atoms with Crippen LogP contribution in [0.1, 0.15) is 10.6 Å². The Morgan fingerprint density at radius 2 is 2.17 bits per heavy atom. The molecule has 0 saturated heterocycles. The van der Waals surface area contributed by atoms with E-state index in [1.165, 1.54) is 6.07 Å². The molecular weight excluding hydrogens is 242 g/mol. The Bertz CT molecular complexity index is 632. The third-order valence-corrected chi connectivity index (χ3v) is 2.51. The first-order valence-electron chi connectivity index (χ1n) is 4.99. The number of fused-ring (bicyclic) bond motifs is 1. The number of rotatable bonds is 2. The summed E-state index contributed by atoms with van der Waals surface area (Å²) >= 11 is 0. The molecule has 0 radical (unpaired) electrons. The number of nitrogens with zero attached hydrogens (tertiary/aromatic N) is 1. The zero-order chi connectivity index (χ0) is 12.7. The van der Waals surface area contributed by atoms with Crippen LogP contribution < -0.4 is 9.47 Å². The predicted octanol–water partition coefficient (Wildman–Crippen LogP) is 1.47. The molecule has 0 amide bonds. The van der Waals surface area contributed by atoms with Crippen LogP contribution in [0.4, 0.5) is 0 Å². The minimum Gasteiger partial charge on any atom is -0.504 e. The van der Waals surface area contributed by atoms with E-state index in [2.05, 4.69) is 9.68 Å². The highest BCUT2D eigenvalue weighted by Crippen LogP contribution is 2.45. The minimum absolute atomic E-state index is 0.0333. The van der Waals surface area contributed by atoms with Gasteiger partial charge in [-0.2, -0.15) is 0 Å². The number of carbonyl (C=O) groups is 1. The fourth-order valence-electron chi connectivity index (χ4n) is 1.67. The number of hydrogen-bond donors (Lipinski definition) is 2. The van der Waals surface area contributed by atoms with Gasteiger partial charge in [0.05, 0.1) is 0 Å². The summed E-state index contributed by atoms with van der Waals surface area (Å²) in [5.74, 6) is -1.04. The van der Waals surface area contributed by atoms with Crippen molar-refractivity contribution in [3.63, 3.8) is 0 Å². The lowest BCUT2D eigenvalue weighted by Crippen LogP contribution is -1.93. The van der Waals surface area contributed by atoms with Crippen molar-refractivity contribution in [2.75, 3.05) is 6.79 Å². The Hall–Kier alpha value is -2.70. The van der Waals surface area contributed by atoms with Gasteiger partial charge in [-0.05, 0) is 12.1 Å². The van der Waals surface area contributed by atoms with E-state index in [9.17, 15) is 9.90 Å². The average Bonchev–Trinajstić information content (AvgIpc) is 2.97. The zero-order valence-corrected chi connectivity index (χ0v) is 8.91. The first-order valence-corrected chi connectivity index (χ1v) is 4.99. The van der Waals surface area contributed by atoms with Crippen LogP contribution >= 0.6 is 0 Å². The SMILES string of the molecule is O=C(O)c1cc(-c2ccc3c(c2O)OCO3)no1. The van der Waals surface area contributed by atoms with Gasteiger partial charge < -0.3 is 24.2 Å². The summed E-state index contributed by atoms with van der Waals surface area (Å²) in [5.41, 5.74) is 0.527. The number of ether oxygens (including phenoxy) is 2. The first-order chi connectivity index (χ1) is 8.66. The summed E-state index contributed by atoms with van der Waals surface area (Å²) in [4.78, 5) is 10.7. The van der Waals surface area contributed by atoms with E-state index in [0.717, 1.165) is 0 Å². The third kappa shape index (κ3) is 1.45. The van der Waals surface area contributed by atoms with Crippen LogP contribution in [-0.2, 0) is 0 Å². The number of benzene rings is 1. The number of carboxylic acids is 1. The Labute approximate surface area is 100 Å². The third-order valence-electron chi connectivity index (χ3n) is 2.51. The molecule has 2 heterocycles. The maximum atomic E-state index is 10.7. The molecule has 0 spiro atoms. The lowest BCUT2D eigenvalue weighted by molar-refractivity contribution is 0.0652. The van der Waals surface area contributed by atoms with Gasteiger partial charge in [0.15, 0.2) is 11.5 Å². The van der Waals surface area contributed by atoms with Crippen LogP contribution in [-0.4, -0.2) is 28.1 Å². The lowest BCUT2D eigenvalue weighted by Gasteiger charge is -2.03. The second kappa shape index (κ2) is 3.66. The van der Waals surface area contributed by atoms with E-state index in [1.54, 1.807) is 12.1 Å². The van der Waals surface area contributed by atoms with Gasteiger partial charge in [-0.3, -0.25) is 0 Å². The molecule has 92 valence electrons. The summed E-state index contributed by atoms with van der Waals surface area (Å²) in [5, 5.41) is 22.3. The highest BCUT2D eigenvalue weighted by atomic mass is 16.7. The van der Waals surface area contributed by atoms with Crippen LogP contribution in [0.2, 0.25) is 0 Å². The molecular formula is C11H7NO6. The number of aromatic carboxylic acids is 1. The Kier molecular flexibility index (Phi) is 2.12. The maximum Gasteiger partial charge on any atom is 0.374 e. The van der Waals surface area contributed by atoms with Gasteiger partial charge in [-0.25, -0.2) is 4.79 Å². The maximum absolute atomic E-state index is 10.7. The van der Waals surface area contributed by atoms with Crippen molar-refractivity contribution >= 4 is 5.97 Å². The molecule has 0 atom stereocenters. The van der Waals surface area contributed by atoms with E-state index >= 15 is 0 Å². The van der Waals surface area contributed by atoms with Crippen LogP contribution in [0, 0.1) is 0 Å². The molecule has 1 aromatic heterocycles. The molecule has 0 saturated carbocycles. The summed E-state index contributed by atoms with van der Waals surface area (Å²) in [6.45, 7) is 0.0333. The van der Waals surface area contributed by atoms with Gasteiger partial charge in [0.25, 0.3) is 0 Å². The molecule has 2 N–H and O–H groups in total. The zero-order valence-electron chi connectivity index (χ0n) is 8.91. The van der Waals surface area contributed by atoms with E-state index in [-0.39, 0.29) is 29.7 Å². The number of aromatic hydroxyl groups is 1. The average molecular weight is 249 g/mol. The van der Waals surface area contributed by atoms with Gasteiger partial charge in [0.1, 0.15) is 5.69 Å². The molecule has 7 nitrogen and oxygen atoms in total. The normalized spacial score (nSPS) is 12.7. The summed E-state index contributed by atoms with van der Waals surface area (Å²) in [7, 11) is 0. The van der Waals surface area contributed by atoms with Crippen molar-refractivity contribution in [3.8, 4) is 28.5 Å². The topological polar surface area (TPSA) is 102 Å². The van der Waals surface area contributed by atoms with Crippen molar-refractivity contribution < 1.29 is 29.0 Å². The monoisotopic (exact) mass is 249 g/mol. The predicted molar refractivity (Wildman–Crippen MR) is 56.7 cm³/mol. The second-order valence-electron chi connectivity index (χ2n) is 3.58. The van der Waals surface area contributed by atoms with Crippen molar-refractivity contribution in [1.29, 1.82) is 0 Å². The fourth-order valence-corrected chi connectivity index (χ4v) is 1.67. The molecule has 3 rings (SSSR count). The van der Waals surface area contributed by atoms with Crippen LogP contribution in [0.3, 0.4) is 0 Å². The Morgan fingerprint density at radius 1 is 1.33 bits per heavy atom. The van der Waals surface area contributed by atoms with Crippen LogP contribution in [0.5, 0.6) is 17.2 Å². The molecule has 0 unspecified atom stereocenters. The molecule has 0 aliphatic carbocycles. The second-order valence-corrected chi connectivity index (χ2v) is 3.58. The summed E-state index contributed by atoms with van der Waals surface area (Å²) in [6, 6.07) is 4.37. The van der Waals surface area contributed by atoms with Gasteiger partial charge in [-0.1, -0.05) is 5.16 Å². The van der Waals surface area contributed by atoms with Crippen molar-refractivity contribution in [1.82, 2.24) is 5.16 Å². The van der Waals surface area contributed by atoms with E-state index in [1.807, 2.05) is 0 Å². The molecule has 0 bridgehead atoms. The van der Waals surface area contributed by atoms with Crippen LogP contribution in [0.25, 0.3) is 11.3 Å². The van der Waals surface area contributed by atoms with Gasteiger partial charge in [0, 0.05) is 11.6 Å². The van der Waals surface area contributed by atoms with Gasteiger partial charge >= 0.3 is 5.97 Å². The van der Waals surface area contributed by atoms with Gasteiger partial charge in [0.2, 0.25) is 18.3 Å². The number of hydrogen-bond acceptors (Lipinski definition) is 6. The summed E-state index contributed by atoms with van der Waals surface area (Å²) in [6.07, 6.45) is 0. The molecule has 2 aromatic rings. The fraction of sp³-hybridized carbons (Fsp3) is 0.0909. The van der Waals surface area contributed by atoms with Crippen molar-refractivity contribution in [3.05, 3.63) is 24.0 Å². The molecule has 18 heavy (non-hydrogen) atoms. The van der Waals surface area contributed by atoms with E-state index in [4.69, 9.17) is 14.6 Å². The van der Waals surface area contributed by atoms with E-state index < -0.39 is 5.97 Å².